The number of allylic oxidation sites excluding steroid dienone is 4. The van der Waals surface area contributed by atoms with Crippen LogP contribution in [-0.4, -0.2) is 111 Å². The van der Waals surface area contributed by atoms with Gasteiger partial charge in [0.1, 0.15) is 24.0 Å². The first-order valence-electron chi connectivity index (χ1n) is 21.7. The summed E-state index contributed by atoms with van der Waals surface area (Å²) in [4.78, 5) is 39.7. The zero-order valence-corrected chi connectivity index (χ0v) is 37.0. The van der Waals surface area contributed by atoms with E-state index in [1.54, 1.807) is 4.90 Å². The van der Waals surface area contributed by atoms with Crippen LogP contribution in [0.3, 0.4) is 0 Å². The van der Waals surface area contributed by atoms with Gasteiger partial charge in [-0.15, -0.1) is 0 Å². The van der Waals surface area contributed by atoms with Gasteiger partial charge in [-0.2, -0.15) is 0 Å². The fraction of sp³-hybridized carbons (Fsp3) is 0.438. The number of imide groups is 1. The fourth-order valence-corrected chi connectivity index (χ4v) is 8.58. The number of benzene rings is 2. The highest BCUT2D eigenvalue weighted by molar-refractivity contribution is 6.06. The number of likely N-dealkylation sites (tertiary alicyclic amines) is 1. The molecular weight excluding hydrogens is 770 g/mol. The van der Waals surface area contributed by atoms with Crippen molar-refractivity contribution in [2.75, 3.05) is 87.2 Å². The molecular formula is C48H64FN9O3. The molecule has 0 atom stereocenters. The van der Waals surface area contributed by atoms with Crippen LogP contribution in [0.5, 0.6) is 0 Å². The minimum absolute atomic E-state index is 0.230. The number of aliphatic imine (C=N–C) groups is 1. The molecule has 7 rings (SSSR count). The van der Waals surface area contributed by atoms with Gasteiger partial charge >= 0.3 is 6.03 Å². The van der Waals surface area contributed by atoms with Gasteiger partial charge in [0.15, 0.2) is 0 Å². The lowest BCUT2D eigenvalue weighted by Crippen LogP contribution is -2.63. The van der Waals surface area contributed by atoms with Gasteiger partial charge in [0, 0.05) is 119 Å². The number of piperazine rings is 1. The summed E-state index contributed by atoms with van der Waals surface area (Å²) in [5.41, 5.74) is 10.5. The number of urea groups is 1. The molecule has 4 fully saturated rings. The average Bonchev–Trinajstić information content (AvgIpc) is 3.23. The van der Waals surface area contributed by atoms with E-state index in [0.29, 0.717) is 55.7 Å². The summed E-state index contributed by atoms with van der Waals surface area (Å²) in [5, 5.41) is 9.12. The SMILES string of the molecule is C=C/C(=C(/C)C1=C(C)OCCN1)N1CC/C(=C/N=C(C)Nc2ccc(CC(=C)N3CCN(C4CN(c5ccc(N6CCC(=O)NC6=O)c(C)c5)C4)CC3)c(F)c2)C(=C)C1.CC. The topological polar surface area (TPSA) is 108 Å². The van der Waals surface area contributed by atoms with E-state index in [-0.39, 0.29) is 17.8 Å². The number of hydrogen-bond acceptors (Lipinski definition) is 9. The highest BCUT2D eigenvalue weighted by atomic mass is 19.1. The quantitative estimate of drug-likeness (QED) is 0.121. The molecule has 0 radical (unpaired) electrons. The van der Waals surface area contributed by atoms with Gasteiger partial charge in [-0.1, -0.05) is 39.7 Å². The number of hydrogen-bond donors (Lipinski definition) is 3. The Kier molecular flexibility index (Phi) is 14.8. The van der Waals surface area contributed by atoms with Crippen LogP contribution in [0.2, 0.25) is 0 Å². The average molecular weight is 834 g/mol. The minimum atomic E-state index is -0.362. The second kappa shape index (κ2) is 20.2. The van der Waals surface area contributed by atoms with Crippen molar-refractivity contribution < 1.29 is 18.7 Å². The fourth-order valence-electron chi connectivity index (χ4n) is 8.58. The molecule has 2 aromatic rings. The number of halogens is 1. The van der Waals surface area contributed by atoms with Crippen molar-refractivity contribution in [1.29, 1.82) is 0 Å². The smallest absolute Gasteiger partial charge is 0.328 e. The van der Waals surface area contributed by atoms with Crippen LogP contribution in [0.1, 0.15) is 58.6 Å². The van der Waals surface area contributed by atoms with Gasteiger partial charge in [0.05, 0.1) is 5.70 Å². The summed E-state index contributed by atoms with van der Waals surface area (Å²) in [5.74, 6) is 1.07. The van der Waals surface area contributed by atoms with Crippen LogP contribution in [0.15, 0.2) is 113 Å². The van der Waals surface area contributed by atoms with E-state index in [1.165, 1.54) is 6.07 Å². The lowest BCUT2D eigenvalue weighted by molar-refractivity contribution is -0.120. The maximum absolute atomic E-state index is 15.4. The summed E-state index contributed by atoms with van der Waals surface area (Å²) in [6, 6.07) is 11.5. The highest BCUT2D eigenvalue weighted by Crippen LogP contribution is 2.32. The molecule has 4 saturated heterocycles. The number of ether oxygens (including phenoxy) is 1. The van der Waals surface area contributed by atoms with Gasteiger partial charge in [-0.25, -0.2) is 14.2 Å². The van der Waals surface area contributed by atoms with Crippen molar-refractivity contribution in [1.82, 2.24) is 25.3 Å². The van der Waals surface area contributed by atoms with Crippen molar-refractivity contribution in [3.05, 3.63) is 125 Å². The number of carbonyl (C=O) groups excluding carboxylic acids is 2. The van der Waals surface area contributed by atoms with Crippen LogP contribution < -0.4 is 25.8 Å². The molecule has 3 amide bonds. The third kappa shape index (κ3) is 10.6. The van der Waals surface area contributed by atoms with Crippen LogP contribution in [0.4, 0.5) is 26.2 Å². The largest absolute Gasteiger partial charge is 0.494 e. The van der Waals surface area contributed by atoms with E-state index < -0.39 is 0 Å². The van der Waals surface area contributed by atoms with E-state index in [4.69, 9.17) is 4.74 Å². The zero-order chi connectivity index (χ0) is 43.8. The van der Waals surface area contributed by atoms with Crippen LogP contribution >= 0.6 is 0 Å². The molecule has 0 aromatic heterocycles. The number of nitrogens with zero attached hydrogens (tertiary/aromatic N) is 6. The summed E-state index contributed by atoms with van der Waals surface area (Å²) in [6.07, 6.45) is 5.34. The normalized spacial score (nSPS) is 20.3. The lowest BCUT2D eigenvalue weighted by atomic mass is 9.98. The molecule has 12 nitrogen and oxygen atoms in total. The summed E-state index contributed by atoms with van der Waals surface area (Å²) >= 11 is 0. The van der Waals surface area contributed by atoms with E-state index in [0.717, 1.165) is 115 Å². The van der Waals surface area contributed by atoms with Crippen molar-refractivity contribution in [3.63, 3.8) is 0 Å². The monoisotopic (exact) mass is 834 g/mol. The third-order valence-electron chi connectivity index (χ3n) is 12.1. The maximum atomic E-state index is 15.4. The summed E-state index contributed by atoms with van der Waals surface area (Å²) in [6.45, 7) is 33.6. The van der Waals surface area contributed by atoms with Gasteiger partial charge in [-0.3, -0.25) is 19.9 Å². The molecule has 0 spiro atoms. The predicted molar refractivity (Wildman–Crippen MR) is 246 cm³/mol. The molecule has 5 aliphatic heterocycles. The molecule has 326 valence electrons. The Hall–Kier alpha value is -5.82. The summed E-state index contributed by atoms with van der Waals surface area (Å²) in [7, 11) is 0. The number of carbonyl (C=O) groups is 2. The Morgan fingerprint density at radius 2 is 1.75 bits per heavy atom. The van der Waals surface area contributed by atoms with Crippen LogP contribution in [-0.2, 0) is 16.0 Å². The lowest BCUT2D eigenvalue weighted by Gasteiger charge is -2.49. The molecule has 61 heavy (non-hydrogen) atoms. The molecule has 5 aliphatic rings. The standard InChI is InChI=1S/C46H58FN9O3.C2H6/c1-8-42(33(5)45-34(6)59-22-15-48-45)54-16-13-37(31(3)27-54)26-49-35(7)50-38-10-9-36(41(47)25-38)24-32(4)52-18-20-53(21-19-52)40-28-55(29-40)39-11-12-43(30(2)23-39)56-17-14-44(57)51-46(56)58;1-2/h8-12,23,25-26,40,48H,1,3-4,13-22,24,27-29H2,2,5-7H3,(H,49,50)(H,51,57,58);1-2H3/b37-26-,42-33+;. The molecule has 0 saturated carbocycles. The number of rotatable bonds is 11. The zero-order valence-electron chi connectivity index (χ0n) is 37.0. The van der Waals surface area contributed by atoms with Gasteiger partial charge in [-0.05, 0) is 98.4 Å². The van der Waals surface area contributed by atoms with E-state index >= 15 is 4.39 Å². The predicted octanol–water partition coefficient (Wildman–Crippen LogP) is 7.46. The highest BCUT2D eigenvalue weighted by Gasteiger charge is 2.34. The maximum Gasteiger partial charge on any atom is 0.328 e. The number of aryl methyl sites for hydroxylation is 1. The number of anilines is 3. The molecule has 0 unspecified atom stereocenters. The Morgan fingerprint density at radius 3 is 2.41 bits per heavy atom. The molecule has 3 N–H and O–H groups in total. The summed E-state index contributed by atoms with van der Waals surface area (Å²) < 4.78 is 21.2. The second-order valence-corrected chi connectivity index (χ2v) is 16.0. The number of amidine groups is 1. The molecule has 13 heteroatoms. The molecule has 5 heterocycles. The Bertz CT molecular complexity index is 2140. The van der Waals surface area contributed by atoms with Crippen LogP contribution in [0, 0.1) is 12.7 Å². The Balaban J connectivity index is 0.00000307. The van der Waals surface area contributed by atoms with Crippen molar-refractivity contribution in [2.45, 2.75) is 66.8 Å². The minimum Gasteiger partial charge on any atom is -0.494 e. The molecule has 0 aliphatic carbocycles. The second-order valence-electron chi connectivity index (χ2n) is 16.0. The first-order valence-corrected chi connectivity index (χ1v) is 21.7. The van der Waals surface area contributed by atoms with Gasteiger partial charge in [0.2, 0.25) is 5.91 Å². The number of nitrogens with one attached hydrogen (secondary N) is 3. The first kappa shape index (κ1) is 44.7. The van der Waals surface area contributed by atoms with Crippen LogP contribution in [0.25, 0.3) is 0 Å². The third-order valence-corrected chi connectivity index (χ3v) is 12.1. The van der Waals surface area contributed by atoms with Crippen molar-refractivity contribution in [3.8, 4) is 0 Å². The molecule has 2 aromatic carbocycles. The van der Waals surface area contributed by atoms with Crippen molar-refractivity contribution in [2.24, 2.45) is 4.99 Å². The van der Waals surface area contributed by atoms with E-state index in [2.05, 4.69) is 79.3 Å². The first-order chi connectivity index (χ1) is 29.4. The number of piperidine rings is 1. The number of amides is 3. The van der Waals surface area contributed by atoms with Gasteiger partial charge < -0.3 is 30.1 Å². The van der Waals surface area contributed by atoms with Crippen molar-refractivity contribution >= 4 is 34.8 Å². The molecule has 0 bridgehead atoms. The Labute approximate surface area is 361 Å². The van der Waals surface area contributed by atoms with E-state index in [1.807, 2.05) is 65.1 Å². The van der Waals surface area contributed by atoms with E-state index in [9.17, 15) is 9.59 Å². The van der Waals surface area contributed by atoms with Gasteiger partial charge in [0.25, 0.3) is 0 Å². The Morgan fingerprint density at radius 1 is 1.00 bits per heavy atom.